The molecule has 2 saturated carbocycles. The second kappa shape index (κ2) is 9.38. The Bertz CT molecular complexity index is 1050. The van der Waals surface area contributed by atoms with Crippen molar-refractivity contribution in [3.63, 3.8) is 0 Å². The van der Waals surface area contributed by atoms with Gasteiger partial charge in [0.15, 0.2) is 0 Å². The largest absolute Gasteiger partial charge is 0.461 e. The molecule has 0 aliphatic heterocycles. The highest BCUT2D eigenvalue weighted by molar-refractivity contribution is 6.27. The van der Waals surface area contributed by atoms with Gasteiger partial charge in [-0.2, -0.15) is 0 Å². The number of hydrogen-bond acceptors (Lipinski definition) is 4. The van der Waals surface area contributed by atoms with Crippen LogP contribution in [-0.2, 0) is 14.3 Å². The third-order valence-electron chi connectivity index (χ3n) is 9.75. The number of pyridine rings is 1. The van der Waals surface area contributed by atoms with Gasteiger partial charge in [-0.3, -0.25) is 9.78 Å². The molecule has 188 valence electrons. The lowest BCUT2D eigenvalue weighted by Gasteiger charge is -2.57. The monoisotopic (exact) mass is 496 g/mol. The third-order valence-corrected chi connectivity index (χ3v) is 9.99. The molecule has 2 fully saturated rings. The summed E-state index contributed by atoms with van der Waals surface area (Å²) < 4.78 is 5.83. The van der Waals surface area contributed by atoms with Gasteiger partial charge in [0.1, 0.15) is 18.0 Å². The van der Waals surface area contributed by atoms with Crippen LogP contribution in [0.25, 0.3) is 5.57 Å². The lowest BCUT2D eigenvalue weighted by molar-refractivity contribution is -0.154. The second-order valence-electron chi connectivity index (χ2n) is 11.5. The maximum absolute atomic E-state index is 12.5. The number of ether oxygens (including phenoxy) is 1. The van der Waals surface area contributed by atoms with Crippen molar-refractivity contribution >= 4 is 29.1 Å². The molecule has 1 aromatic heterocycles. The zero-order valence-electron chi connectivity index (χ0n) is 21.1. The first-order valence-corrected chi connectivity index (χ1v) is 13.7. The summed E-state index contributed by atoms with van der Waals surface area (Å²) >= 11 is 5.54. The number of halogens is 1. The van der Waals surface area contributed by atoms with Crippen LogP contribution in [0.5, 0.6) is 0 Å². The lowest BCUT2D eigenvalue weighted by atomic mass is 9.47. The molecule has 4 aliphatic carbocycles. The Morgan fingerprint density at radius 1 is 1.17 bits per heavy atom. The number of alkyl halides is 1. The van der Waals surface area contributed by atoms with E-state index in [-0.39, 0.29) is 34.7 Å². The Morgan fingerprint density at radius 2 is 1.97 bits per heavy atom. The van der Waals surface area contributed by atoms with Crippen molar-refractivity contribution in [2.45, 2.75) is 77.9 Å². The fraction of sp³-hybridized carbons (Fsp3) is 0.621. The molecule has 7 atom stereocenters. The molecule has 35 heavy (non-hydrogen) atoms. The zero-order chi connectivity index (χ0) is 24.8. The molecule has 0 saturated heterocycles. The summed E-state index contributed by atoms with van der Waals surface area (Å²) in [6.45, 7) is 6.60. The minimum atomic E-state index is -0.681. The Labute approximate surface area is 213 Å². The quantitative estimate of drug-likeness (QED) is 0.323. The average Bonchev–Trinajstić information content (AvgIpc) is 3.21. The molecule has 0 spiro atoms. The summed E-state index contributed by atoms with van der Waals surface area (Å²) in [7, 11) is 0. The first kappa shape index (κ1) is 24.5. The predicted octanol–water partition coefficient (Wildman–Crippen LogP) is 5.69. The molecule has 1 unspecified atom stereocenters. The Hall–Kier alpha value is -2.14. The fourth-order valence-electron chi connectivity index (χ4n) is 7.87. The molecule has 5 nitrogen and oxygen atoms in total. The topological polar surface area (TPSA) is 68.3 Å². The smallest absolute Gasteiger partial charge is 0.328 e. The number of allylic oxidation sites excluding steroid dienone is 3. The lowest BCUT2D eigenvalue weighted by Crippen LogP contribution is -2.50. The maximum atomic E-state index is 12.5. The summed E-state index contributed by atoms with van der Waals surface area (Å²) in [5.74, 6) is 1.16. The number of carbonyl (C=O) groups is 2. The first-order chi connectivity index (χ1) is 16.8. The number of rotatable bonds is 5. The fourth-order valence-corrected chi connectivity index (χ4v) is 7.95. The minimum absolute atomic E-state index is 0.118. The van der Waals surface area contributed by atoms with Crippen LogP contribution in [0.4, 0.5) is 0 Å². The van der Waals surface area contributed by atoms with Gasteiger partial charge in [-0.05, 0) is 91.2 Å². The number of amides is 1. The number of aromatic nitrogens is 1. The van der Waals surface area contributed by atoms with Gasteiger partial charge < -0.3 is 10.1 Å². The molecule has 1 N–H and O–H groups in total. The van der Waals surface area contributed by atoms with E-state index in [0.29, 0.717) is 17.8 Å². The van der Waals surface area contributed by atoms with Crippen LogP contribution in [0.1, 0.15) is 71.3 Å². The number of esters is 1. The number of nitrogens with zero attached hydrogens (tertiary/aromatic N) is 1. The van der Waals surface area contributed by atoms with Crippen molar-refractivity contribution in [1.82, 2.24) is 10.3 Å². The second-order valence-corrected chi connectivity index (χ2v) is 11.8. The van der Waals surface area contributed by atoms with Gasteiger partial charge in [-0.1, -0.05) is 37.6 Å². The molecule has 6 heteroatoms. The van der Waals surface area contributed by atoms with E-state index < -0.39 is 6.04 Å². The van der Waals surface area contributed by atoms with Crippen molar-refractivity contribution < 1.29 is 14.3 Å². The summed E-state index contributed by atoms with van der Waals surface area (Å²) in [5, 5.41) is 2.59. The van der Waals surface area contributed by atoms with E-state index in [4.69, 9.17) is 16.3 Å². The molecule has 0 aromatic carbocycles. The van der Waals surface area contributed by atoms with Crippen molar-refractivity contribution in [3.05, 3.63) is 47.8 Å². The summed E-state index contributed by atoms with van der Waals surface area (Å²) in [4.78, 5) is 28.4. The number of hydrogen-bond donors (Lipinski definition) is 1. The zero-order valence-corrected chi connectivity index (χ0v) is 21.8. The van der Waals surface area contributed by atoms with E-state index in [0.717, 1.165) is 32.1 Å². The van der Waals surface area contributed by atoms with Crippen LogP contribution >= 0.6 is 11.6 Å². The molecule has 4 aliphatic rings. The van der Waals surface area contributed by atoms with E-state index in [1.165, 1.54) is 29.6 Å². The van der Waals surface area contributed by atoms with Crippen molar-refractivity contribution in [2.24, 2.45) is 28.6 Å². The summed E-state index contributed by atoms with van der Waals surface area (Å²) in [6.07, 6.45) is 16.2. The highest BCUT2D eigenvalue weighted by atomic mass is 35.5. The van der Waals surface area contributed by atoms with E-state index in [1.807, 2.05) is 18.5 Å². The molecule has 5 rings (SSSR count). The van der Waals surface area contributed by atoms with E-state index in [2.05, 4.69) is 42.4 Å². The average molecular weight is 497 g/mol. The van der Waals surface area contributed by atoms with Gasteiger partial charge in [-0.25, -0.2) is 4.79 Å². The summed E-state index contributed by atoms with van der Waals surface area (Å²) in [6, 6.07) is 3.58. The Balaban J connectivity index is 1.28. The van der Waals surface area contributed by atoms with Gasteiger partial charge in [-0.15, -0.1) is 11.6 Å². The molecule has 1 heterocycles. The number of nitrogens with one attached hydrogen (secondary N) is 1. The van der Waals surface area contributed by atoms with Gasteiger partial charge in [0, 0.05) is 18.8 Å². The Morgan fingerprint density at radius 3 is 2.71 bits per heavy atom. The van der Waals surface area contributed by atoms with E-state index in [1.54, 1.807) is 6.92 Å². The molecule has 1 amide bonds. The van der Waals surface area contributed by atoms with Crippen LogP contribution < -0.4 is 5.32 Å². The van der Waals surface area contributed by atoms with Crippen LogP contribution in [0.2, 0.25) is 0 Å². The summed E-state index contributed by atoms with van der Waals surface area (Å²) in [5.41, 5.74) is 4.67. The number of fused-ring (bicyclic) bond motifs is 5. The van der Waals surface area contributed by atoms with Gasteiger partial charge in [0.2, 0.25) is 5.91 Å². The van der Waals surface area contributed by atoms with Gasteiger partial charge in [0.05, 0.1) is 0 Å². The minimum Gasteiger partial charge on any atom is -0.461 e. The van der Waals surface area contributed by atoms with Crippen LogP contribution in [0.15, 0.2) is 42.3 Å². The highest BCUT2D eigenvalue weighted by Gasteiger charge is 2.57. The Kier molecular flexibility index (Phi) is 6.58. The molecule has 0 radical (unpaired) electrons. The van der Waals surface area contributed by atoms with Crippen LogP contribution in [0.3, 0.4) is 0 Å². The predicted molar refractivity (Wildman–Crippen MR) is 138 cm³/mol. The van der Waals surface area contributed by atoms with Crippen molar-refractivity contribution in [3.8, 4) is 0 Å². The molecule has 1 aromatic rings. The van der Waals surface area contributed by atoms with Crippen molar-refractivity contribution in [1.29, 1.82) is 0 Å². The van der Waals surface area contributed by atoms with Gasteiger partial charge in [0.25, 0.3) is 0 Å². The maximum Gasteiger partial charge on any atom is 0.328 e. The van der Waals surface area contributed by atoms with E-state index >= 15 is 0 Å². The molecular formula is C29H37ClN2O3. The number of carbonyl (C=O) groups excluding carboxylic acids is 2. The highest BCUT2D eigenvalue weighted by Crippen LogP contribution is 2.66. The third kappa shape index (κ3) is 4.24. The first-order valence-electron chi connectivity index (χ1n) is 13.1. The van der Waals surface area contributed by atoms with Crippen molar-refractivity contribution in [2.75, 3.05) is 5.88 Å². The van der Waals surface area contributed by atoms with Gasteiger partial charge >= 0.3 is 5.97 Å². The standard InChI is InChI=1S/C29H37ClN2O3/c1-18(32-26(33)16-30)27(34)35-21-10-12-28(2)20(15-21)6-7-22-24-9-8-23(19-5-4-14-31-17-19)29(24,3)13-11-25(22)28/h4-6,8,14,17-18,21-22,24-25H,7,9-13,15-16H2,1-3H3,(H,32,33)/t18-,21-,22-,24-,25?,28-,29+/m0/s1. The molecular weight excluding hydrogens is 460 g/mol. The van der Waals surface area contributed by atoms with E-state index in [9.17, 15) is 9.59 Å². The van der Waals surface area contributed by atoms with Crippen LogP contribution in [-0.4, -0.2) is 34.9 Å². The molecule has 0 bridgehead atoms. The SMILES string of the molecule is C[C@H](NC(=O)CCl)C(=O)O[C@H]1CC[C@@]2(C)C(=CC[C@@H]3C2CC[C@]2(C)C(c4cccnc4)=CC[C@@H]32)C1. The van der Waals surface area contributed by atoms with Crippen LogP contribution in [0, 0.1) is 28.6 Å². The normalized spacial score (nSPS) is 36.6.